The summed E-state index contributed by atoms with van der Waals surface area (Å²) in [5, 5.41) is 5.52. The van der Waals surface area contributed by atoms with E-state index < -0.39 is 0 Å². The maximum Gasteiger partial charge on any atom is 0.144 e. The highest BCUT2D eigenvalue weighted by Gasteiger charge is 2.13. The molecule has 1 aromatic heterocycles. The van der Waals surface area contributed by atoms with Crippen molar-refractivity contribution in [3.05, 3.63) is 38.6 Å². The number of hydrogen-bond acceptors (Lipinski definition) is 3. The fourth-order valence-electron chi connectivity index (χ4n) is 1.66. The quantitative estimate of drug-likeness (QED) is 0.874. The van der Waals surface area contributed by atoms with Crippen molar-refractivity contribution >= 4 is 40.5 Å². The highest BCUT2D eigenvalue weighted by atomic mass is 35.5. The van der Waals surface area contributed by atoms with Gasteiger partial charge in [0, 0.05) is 18.7 Å². The minimum atomic E-state index is 0.265. The zero-order valence-corrected chi connectivity index (χ0v) is 12.6. The largest absolute Gasteiger partial charge is 0.487 e. The molecule has 0 aliphatic carbocycles. The van der Waals surface area contributed by atoms with Crippen LogP contribution in [0.5, 0.6) is 5.75 Å². The Hall–Kier alpha value is -1.10. The van der Waals surface area contributed by atoms with E-state index in [2.05, 4.69) is 5.10 Å². The van der Waals surface area contributed by atoms with Crippen LogP contribution in [-0.2, 0) is 13.7 Å². The van der Waals surface area contributed by atoms with Crippen molar-refractivity contribution in [3.8, 4) is 5.75 Å². The highest BCUT2D eigenvalue weighted by molar-refractivity contribution is 6.42. The summed E-state index contributed by atoms with van der Waals surface area (Å²) < 4.78 is 7.22. The summed E-state index contributed by atoms with van der Waals surface area (Å²) >= 11 is 17.9. The number of hydrogen-bond donors (Lipinski definition) is 1. The Bertz CT molecular complexity index is 625. The Labute approximate surface area is 126 Å². The smallest absolute Gasteiger partial charge is 0.144 e. The topological polar surface area (TPSA) is 53.1 Å². The molecule has 102 valence electrons. The van der Waals surface area contributed by atoms with Crippen molar-refractivity contribution < 1.29 is 4.74 Å². The lowest BCUT2D eigenvalue weighted by molar-refractivity contribution is 0.307. The Morgan fingerprint density at radius 3 is 2.47 bits per heavy atom. The van der Waals surface area contributed by atoms with E-state index in [1.54, 1.807) is 23.9 Å². The minimum Gasteiger partial charge on any atom is -0.487 e. The van der Waals surface area contributed by atoms with Gasteiger partial charge in [-0.1, -0.05) is 34.8 Å². The number of anilines is 1. The molecule has 7 heteroatoms. The number of nitrogens with zero attached hydrogens (tertiary/aromatic N) is 2. The third kappa shape index (κ3) is 2.91. The van der Waals surface area contributed by atoms with E-state index in [1.165, 1.54) is 0 Å². The van der Waals surface area contributed by atoms with Gasteiger partial charge >= 0.3 is 0 Å². The van der Waals surface area contributed by atoms with Gasteiger partial charge in [0.05, 0.1) is 21.4 Å². The van der Waals surface area contributed by atoms with Crippen LogP contribution < -0.4 is 10.5 Å². The summed E-state index contributed by atoms with van der Waals surface area (Å²) in [5.74, 6) is 0.466. The van der Waals surface area contributed by atoms with E-state index in [0.717, 1.165) is 11.3 Å². The standard InChI is InChI=1S/C12H12Cl3N3O/c1-6-7(12(15)18(2)17-6)5-19-11-4-9(14)8(13)3-10(11)16/h3-4H,5,16H2,1-2H3. The molecule has 0 fully saturated rings. The summed E-state index contributed by atoms with van der Waals surface area (Å²) in [6.45, 7) is 2.13. The maximum absolute atomic E-state index is 6.12. The second kappa shape index (κ2) is 5.49. The van der Waals surface area contributed by atoms with Gasteiger partial charge in [0.15, 0.2) is 0 Å². The molecule has 1 heterocycles. The van der Waals surface area contributed by atoms with Crippen molar-refractivity contribution in [1.82, 2.24) is 9.78 Å². The average molecular weight is 321 g/mol. The lowest BCUT2D eigenvalue weighted by atomic mass is 10.2. The van der Waals surface area contributed by atoms with Gasteiger partial charge in [0.25, 0.3) is 0 Å². The van der Waals surface area contributed by atoms with E-state index in [-0.39, 0.29) is 6.61 Å². The first-order valence-electron chi connectivity index (χ1n) is 5.45. The lowest BCUT2D eigenvalue weighted by Crippen LogP contribution is -2.00. The molecule has 0 bridgehead atoms. The molecule has 2 aromatic rings. The van der Waals surface area contributed by atoms with Crippen LogP contribution in [-0.4, -0.2) is 9.78 Å². The van der Waals surface area contributed by atoms with Crippen molar-refractivity contribution in [3.63, 3.8) is 0 Å². The van der Waals surface area contributed by atoms with Gasteiger partial charge in [-0.15, -0.1) is 0 Å². The number of benzene rings is 1. The van der Waals surface area contributed by atoms with Crippen LogP contribution in [0.1, 0.15) is 11.3 Å². The van der Waals surface area contributed by atoms with Gasteiger partial charge in [-0.05, 0) is 13.0 Å². The van der Waals surface area contributed by atoms with Crippen LogP contribution >= 0.6 is 34.8 Å². The molecule has 1 aromatic carbocycles. The fraction of sp³-hybridized carbons (Fsp3) is 0.250. The molecule has 0 atom stereocenters. The number of aryl methyl sites for hydroxylation is 2. The summed E-state index contributed by atoms with van der Waals surface area (Å²) in [6.07, 6.45) is 0. The molecular formula is C12H12Cl3N3O. The molecule has 0 unspecified atom stereocenters. The predicted molar refractivity (Wildman–Crippen MR) is 78.2 cm³/mol. The molecule has 0 spiro atoms. The second-order valence-corrected chi connectivity index (χ2v) is 5.24. The van der Waals surface area contributed by atoms with Gasteiger partial charge in [-0.3, -0.25) is 4.68 Å². The van der Waals surface area contributed by atoms with Crippen LogP contribution in [0.4, 0.5) is 5.69 Å². The molecule has 0 radical (unpaired) electrons. The monoisotopic (exact) mass is 319 g/mol. The van der Waals surface area contributed by atoms with Crippen LogP contribution in [0, 0.1) is 6.92 Å². The molecular weight excluding hydrogens is 309 g/mol. The van der Waals surface area contributed by atoms with Gasteiger partial charge in [-0.2, -0.15) is 5.10 Å². The maximum atomic E-state index is 6.12. The fourth-order valence-corrected chi connectivity index (χ4v) is 2.21. The molecule has 0 aliphatic rings. The van der Waals surface area contributed by atoms with E-state index in [9.17, 15) is 0 Å². The van der Waals surface area contributed by atoms with Gasteiger partial charge in [0.2, 0.25) is 0 Å². The molecule has 19 heavy (non-hydrogen) atoms. The summed E-state index contributed by atoms with van der Waals surface area (Å²) in [6, 6.07) is 3.13. The number of halogens is 3. The molecule has 2 N–H and O–H groups in total. The Morgan fingerprint density at radius 2 is 1.89 bits per heavy atom. The molecule has 0 saturated heterocycles. The van der Waals surface area contributed by atoms with Crippen LogP contribution in [0.25, 0.3) is 0 Å². The molecule has 0 aliphatic heterocycles. The summed E-state index contributed by atoms with van der Waals surface area (Å²) in [7, 11) is 1.77. The molecule has 4 nitrogen and oxygen atoms in total. The van der Waals surface area contributed by atoms with Crippen molar-refractivity contribution in [2.75, 3.05) is 5.73 Å². The Morgan fingerprint density at radius 1 is 1.26 bits per heavy atom. The van der Waals surface area contributed by atoms with Crippen LogP contribution in [0.15, 0.2) is 12.1 Å². The zero-order valence-electron chi connectivity index (χ0n) is 10.4. The van der Waals surface area contributed by atoms with Crippen LogP contribution in [0.2, 0.25) is 15.2 Å². The first-order valence-corrected chi connectivity index (χ1v) is 6.58. The van der Waals surface area contributed by atoms with E-state index in [4.69, 9.17) is 45.3 Å². The highest BCUT2D eigenvalue weighted by Crippen LogP contribution is 2.33. The first-order chi connectivity index (χ1) is 8.90. The number of ether oxygens (including phenoxy) is 1. The SMILES string of the molecule is Cc1nn(C)c(Cl)c1COc1cc(Cl)c(Cl)cc1N. The first kappa shape index (κ1) is 14.3. The molecule has 0 amide bonds. The minimum absolute atomic E-state index is 0.265. The molecule has 0 saturated carbocycles. The average Bonchev–Trinajstić information content (AvgIpc) is 2.57. The van der Waals surface area contributed by atoms with E-state index in [0.29, 0.717) is 26.6 Å². The number of nitrogens with two attached hydrogens (primary N) is 1. The third-order valence-electron chi connectivity index (χ3n) is 2.69. The van der Waals surface area contributed by atoms with Crippen molar-refractivity contribution in [1.29, 1.82) is 0 Å². The zero-order chi connectivity index (χ0) is 14.2. The second-order valence-electron chi connectivity index (χ2n) is 4.07. The van der Waals surface area contributed by atoms with E-state index in [1.807, 2.05) is 6.92 Å². The number of aromatic nitrogens is 2. The normalized spacial score (nSPS) is 10.8. The summed E-state index contributed by atoms with van der Waals surface area (Å²) in [5.41, 5.74) is 7.86. The van der Waals surface area contributed by atoms with Gasteiger partial charge in [-0.25, -0.2) is 0 Å². The summed E-state index contributed by atoms with van der Waals surface area (Å²) in [4.78, 5) is 0. The van der Waals surface area contributed by atoms with Gasteiger partial charge in [0.1, 0.15) is 17.5 Å². The molecule has 2 rings (SSSR count). The lowest BCUT2D eigenvalue weighted by Gasteiger charge is -2.10. The number of rotatable bonds is 3. The van der Waals surface area contributed by atoms with Gasteiger partial charge < -0.3 is 10.5 Å². The number of nitrogen functional groups attached to an aromatic ring is 1. The Kier molecular flexibility index (Phi) is 4.13. The van der Waals surface area contributed by atoms with Crippen LogP contribution in [0.3, 0.4) is 0 Å². The van der Waals surface area contributed by atoms with Crippen molar-refractivity contribution in [2.45, 2.75) is 13.5 Å². The van der Waals surface area contributed by atoms with E-state index >= 15 is 0 Å². The van der Waals surface area contributed by atoms with Crippen molar-refractivity contribution in [2.24, 2.45) is 7.05 Å². The predicted octanol–water partition coefficient (Wildman–Crippen LogP) is 3.85. The Balaban J connectivity index is 2.21. The third-order valence-corrected chi connectivity index (χ3v) is 3.89.